The lowest BCUT2D eigenvalue weighted by Gasteiger charge is -1.96. The summed E-state index contributed by atoms with van der Waals surface area (Å²) in [4.78, 5) is 12.0. The number of hydrogen-bond acceptors (Lipinski definition) is 3. The van der Waals surface area contributed by atoms with Crippen LogP contribution in [0.4, 0.5) is 5.69 Å². The van der Waals surface area contributed by atoms with Crippen molar-refractivity contribution in [2.24, 2.45) is 9.98 Å². The largest absolute Gasteiger partial charge is 0.262 e. The van der Waals surface area contributed by atoms with E-state index in [4.69, 9.17) is 0 Å². The first kappa shape index (κ1) is 6.22. The molecule has 1 aliphatic rings. The maximum atomic E-state index is 4.10. The van der Waals surface area contributed by atoms with E-state index >= 15 is 0 Å². The Labute approximate surface area is 64.5 Å². The number of aliphatic imine (C=N–C) groups is 2. The lowest BCUT2D eigenvalue weighted by molar-refractivity contribution is 1.24. The minimum Gasteiger partial charge on any atom is -0.262 e. The second kappa shape index (κ2) is 2.62. The fourth-order valence-corrected chi connectivity index (χ4v) is 0.998. The Morgan fingerprint density at radius 2 is 2.36 bits per heavy atom. The van der Waals surface area contributed by atoms with Crippen LogP contribution in [0.2, 0.25) is 0 Å². The molecule has 0 saturated carbocycles. The lowest BCUT2D eigenvalue weighted by Crippen LogP contribution is -1.84. The van der Waals surface area contributed by atoms with Crippen molar-refractivity contribution in [1.29, 1.82) is 0 Å². The quantitative estimate of drug-likeness (QED) is 0.543. The molecule has 3 nitrogen and oxygen atoms in total. The SMILES string of the molecule is C1=NC=Nc2cnccc2C1. The van der Waals surface area contributed by atoms with E-state index in [1.807, 2.05) is 12.3 Å². The Morgan fingerprint density at radius 1 is 1.36 bits per heavy atom. The highest BCUT2D eigenvalue weighted by Gasteiger charge is 1.99. The summed E-state index contributed by atoms with van der Waals surface area (Å²) in [5.41, 5.74) is 2.10. The summed E-state index contributed by atoms with van der Waals surface area (Å²) < 4.78 is 0. The first-order chi connectivity index (χ1) is 5.47. The summed E-state index contributed by atoms with van der Waals surface area (Å²) >= 11 is 0. The van der Waals surface area contributed by atoms with Crippen molar-refractivity contribution in [3.63, 3.8) is 0 Å². The van der Waals surface area contributed by atoms with Crippen molar-refractivity contribution in [3.05, 3.63) is 24.0 Å². The van der Waals surface area contributed by atoms with Crippen LogP contribution >= 0.6 is 0 Å². The van der Waals surface area contributed by atoms with Crippen LogP contribution in [0.15, 0.2) is 28.4 Å². The van der Waals surface area contributed by atoms with Gasteiger partial charge in [0.1, 0.15) is 6.34 Å². The number of rotatable bonds is 0. The predicted octanol–water partition coefficient (Wildman–Crippen LogP) is 1.37. The van der Waals surface area contributed by atoms with Crippen molar-refractivity contribution in [3.8, 4) is 0 Å². The van der Waals surface area contributed by atoms with Gasteiger partial charge < -0.3 is 0 Å². The third-order valence-electron chi connectivity index (χ3n) is 1.57. The normalized spacial score (nSPS) is 14.2. The van der Waals surface area contributed by atoms with Gasteiger partial charge in [0.05, 0.1) is 11.9 Å². The highest BCUT2D eigenvalue weighted by molar-refractivity contribution is 5.79. The minimum absolute atomic E-state index is 0.845. The van der Waals surface area contributed by atoms with Gasteiger partial charge in [0.15, 0.2) is 0 Å². The Balaban J connectivity index is 2.52. The number of pyridine rings is 1. The first-order valence-electron chi connectivity index (χ1n) is 3.44. The Hall–Kier alpha value is -1.51. The lowest BCUT2D eigenvalue weighted by atomic mass is 10.2. The second-order valence-electron chi connectivity index (χ2n) is 2.28. The van der Waals surface area contributed by atoms with Gasteiger partial charge in [-0.3, -0.25) is 4.98 Å². The maximum Gasteiger partial charge on any atom is 0.115 e. The van der Waals surface area contributed by atoms with E-state index in [1.165, 1.54) is 5.56 Å². The van der Waals surface area contributed by atoms with Crippen LogP contribution in [-0.4, -0.2) is 17.5 Å². The summed E-state index contributed by atoms with van der Waals surface area (Å²) in [6.45, 7) is 0. The number of hydrogen-bond donors (Lipinski definition) is 0. The zero-order valence-corrected chi connectivity index (χ0v) is 5.94. The van der Waals surface area contributed by atoms with Gasteiger partial charge in [-0.15, -0.1) is 0 Å². The van der Waals surface area contributed by atoms with E-state index in [1.54, 1.807) is 18.7 Å². The summed E-state index contributed by atoms with van der Waals surface area (Å²) in [5.74, 6) is 0. The molecule has 0 saturated heterocycles. The van der Waals surface area contributed by atoms with E-state index in [0.29, 0.717) is 0 Å². The maximum absolute atomic E-state index is 4.10. The van der Waals surface area contributed by atoms with Gasteiger partial charge in [-0.2, -0.15) is 0 Å². The van der Waals surface area contributed by atoms with Crippen molar-refractivity contribution >= 4 is 18.2 Å². The van der Waals surface area contributed by atoms with Crippen LogP contribution in [-0.2, 0) is 6.42 Å². The van der Waals surface area contributed by atoms with Crippen LogP contribution in [0.1, 0.15) is 5.56 Å². The molecule has 1 aromatic heterocycles. The standard InChI is InChI=1S/C8H7N3/c1-3-9-5-8-7(1)2-4-10-6-11-8/h1,3-6H,2H2. The van der Waals surface area contributed by atoms with E-state index < -0.39 is 0 Å². The van der Waals surface area contributed by atoms with Gasteiger partial charge >= 0.3 is 0 Å². The van der Waals surface area contributed by atoms with E-state index in [-0.39, 0.29) is 0 Å². The van der Waals surface area contributed by atoms with Crippen LogP contribution in [0.5, 0.6) is 0 Å². The molecule has 1 aromatic rings. The van der Waals surface area contributed by atoms with Crippen molar-refractivity contribution in [1.82, 2.24) is 4.98 Å². The Kier molecular flexibility index (Phi) is 1.48. The first-order valence-corrected chi connectivity index (χ1v) is 3.44. The van der Waals surface area contributed by atoms with Gasteiger partial charge in [-0.25, -0.2) is 9.98 Å². The Bertz CT molecular complexity index is 315. The van der Waals surface area contributed by atoms with Crippen LogP contribution in [0.3, 0.4) is 0 Å². The fourth-order valence-electron chi connectivity index (χ4n) is 0.998. The molecule has 2 heterocycles. The molecule has 1 aliphatic heterocycles. The molecule has 3 heteroatoms. The highest BCUT2D eigenvalue weighted by Crippen LogP contribution is 2.17. The zero-order chi connectivity index (χ0) is 7.52. The molecule has 0 spiro atoms. The molecule has 2 rings (SSSR count). The number of aromatic nitrogens is 1. The number of fused-ring (bicyclic) bond motifs is 1. The summed E-state index contributed by atoms with van der Waals surface area (Å²) in [5, 5.41) is 0. The molecule has 0 aromatic carbocycles. The number of nitrogens with zero attached hydrogens (tertiary/aromatic N) is 3. The van der Waals surface area contributed by atoms with E-state index in [9.17, 15) is 0 Å². The highest BCUT2D eigenvalue weighted by atomic mass is 14.9. The van der Waals surface area contributed by atoms with Gasteiger partial charge in [0.2, 0.25) is 0 Å². The monoisotopic (exact) mass is 145 g/mol. The van der Waals surface area contributed by atoms with Gasteiger partial charge in [-0.05, 0) is 11.6 Å². The molecule has 54 valence electrons. The molecule has 0 N–H and O–H groups in total. The van der Waals surface area contributed by atoms with Crippen molar-refractivity contribution < 1.29 is 0 Å². The summed E-state index contributed by atoms with van der Waals surface area (Å²) in [6, 6.07) is 1.96. The average molecular weight is 145 g/mol. The summed E-state index contributed by atoms with van der Waals surface area (Å²) in [6.07, 6.45) is 7.76. The third-order valence-corrected chi connectivity index (χ3v) is 1.57. The molecule has 0 fully saturated rings. The summed E-state index contributed by atoms with van der Waals surface area (Å²) in [7, 11) is 0. The molecule has 0 bridgehead atoms. The molecular formula is C8H7N3. The van der Waals surface area contributed by atoms with Crippen LogP contribution in [0.25, 0.3) is 0 Å². The fraction of sp³-hybridized carbons (Fsp3) is 0.125. The third kappa shape index (κ3) is 1.17. The topological polar surface area (TPSA) is 37.6 Å². The zero-order valence-electron chi connectivity index (χ0n) is 5.94. The van der Waals surface area contributed by atoms with Gasteiger partial charge in [0, 0.05) is 18.8 Å². The van der Waals surface area contributed by atoms with Crippen molar-refractivity contribution in [2.45, 2.75) is 6.42 Å². The average Bonchev–Trinajstić information content (AvgIpc) is 2.28. The molecule has 0 radical (unpaired) electrons. The molecular weight excluding hydrogens is 138 g/mol. The molecule has 0 unspecified atom stereocenters. The van der Waals surface area contributed by atoms with E-state index in [0.717, 1.165) is 12.1 Å². The molecule has 0 amide bonds. The Morgan fingerprint density at radius 3 is 3.36 bits per heavy atom. The van der Waals surface area contributed by atoms with Gasteiger partial charge in [-0.1, -0.05) is 0 Å². The molecule has 11 heavy (non-hydrogen) atoms. The second-order valence-corrected chi connectivity index (χ2v) is 2.28. The van der Waals surface area contributed by atoms with Crippen LogP contribution < -0.4 is 0 Å². The molecule has 0 atom stereocenters. The predicted molar refractivity (Wildman–Crippen MR) is 44.6 cm³/mol. The van der Waals surface area contributed by atoms with Crippen molar-refractivity contribution in [2.75, 3.05) is 0 Å². The molecule has 0 aliphatic carbocycles. The van der Waals surface area contributed by atoms with Crippen LogP contribution in [0, 0.1) is 0 Å². The smallest absolute Gasteiger partial charge is 0.115 e. The van der Waals surface area contributed by atoms with Gasteiger partial charge in [0.25, 0.3) is 0 Å². The minimum atomic E-state index is 0.845. The van der Waals surface area contributed by atoms with E-state index in [2.05, 4.69) is 15.0 Å².